The van der Waals surface area contributed by atoms with E-state index in [1.54, 1.807) is 26.0 Å². The van der Waals surface area contributed by atoms with Crippen LogP contribution in [0.1, 0.15) is 33.6 Å². The Kier molecular flexibility index (Phi) is 5.90. The van der Waals surface area contributed by atoms with Crippen molar-refractivity contribution in [2.45, 2.75) is 45.3 Å². The van der Waals surface area contributed by atoms with Crippen molar-refractivity contribution in [3.8, 4) is 0 Å². The first-order chi connectivity index (χ1) is 9.85. The molecule has 0 saturated heterocycles. The van der Waals surface area contributed by atoms with Gasteiger partial charge in [0.2, 0.25) is 5.78 Å². The fourth-order valence-corrected chi connectivity index (χ4v) is 2.01. The molecule has 1 rings (SSSR count). The standard InChI is InChI=1S/C16H22O5/c1-5-6-7-8-9-16(3)14(18)13(15(19)20-4)12(21-16)10-11(2)17/h6-9,11,17H,5,10H2,1-4H3/b7-6-,9-8+/t11-,16+/m1/s1. The Bertz CT molecular complexity index is 499. The second-order valence-corrected chi connectivity index (χ2v) is 5.08. The summed E-state index contributed by atoms with van der Waals surface area (Å²) >= 11 is 0. The third kappa shape index (κ3) is 4.04. The second kappa shape index (κ2) is 7.22. The molecule has 21 heavy (non-hydrogen) atoms. The average molecular weight is 294 g/mol. The monoisotopic (exact) mass is 294 g/mol. The van der Waals surface area contributed by atoms with Gasteiger partial charge in [0, 0.05) is 6.42 Å². The minimum atomic E-state index is -1.24. The van der Waals surface area contributed by atoms with Gasteiger partial charge in [-0.2, -0.15) is 0 Å². The summed E-state index contributed by atoms with van der Waals surface area (Å²) in [7, 11) is 1.21. The molecule has 1 aliphatic heterocycles. The lowest BCUT2D eigenvalue weighted by Crippen LogP contribution is -2.33. The van der Waals surface area contributed by atoms with Crippen LogP contribution in [-0.2, 0) is 19.1 Å². The number of hydrogen-bond donors (Lipinski definition) is 1. The Morgan fingerprint density at radius 3 is 2.67 bits per heavy atom. The predicted molar refractivity (Wildman–Crippen MR) is 78.4 cm³/mol. The summed E-state index contributed by atoms with van der Waals surface area (Å²) in [6.07, 6.45) is 7.30. The highest BCUT2D eigenvalue weighted by Gasteiger charge is 2.47. The number of allylic oxidation sites excluding steroid dienone is 3. The Balaban J connectivity index is 3.07. The molecule has 0 amide bonds. The van der Waals surface area contributed by atoms with Crippen LogP contribution in [0.2, 0.25) is 0 Å². The van der Waals surface area contributed by atoms with E-state index >= 15 is 0 Å². The van der Waals surface area contributed by atoms with Crippen LogP contribution in [0.25, 0.3) is 0 Å². The lowest BCUT2D eigenvalue weighted by atomic mass is 9.95. The van der Waals surface area contributed by atoms with Gasteiger partial charge in [-0.05, 0) is 26.3 Å². The molecule has 0 fully saturated rings. The zero-order chi connectivity index (χ0) is 16.0. The number of esters is 1. The molecule has 0 radical (unpaired) electrons. The molecule has 0 bridgehead atoms. The van der Waals surface area contributed by atoms with Gasteiger partial charge in [0.05, 0.1) is 13.2 Å². The van der Waals surface area contributed by atoms with Gasteiger partial charge in [0.1, 0.15) is 11.3 Å². The summed E-state index contributed by atoms with van der Waals surface area (Å²) in [5.41, 5.74) is -1.36. The van der Waals surface area contributed by atoms with Crippen molar-refractivity contribution in [2.75, 3.05) is 7.11 Å². The van der Waals surface area contributed by atoms with Crippen molar-refractivity contribution in [3.63, 3.8) is 0 Å². The van der Waals surface area contributed by atoms with E-state index in [-0.39, 0.29) is 17.8 Å². The zero-order valence-electron chi connectivity index (χ0n) is 12.9. The Hall–Kier alpha value is -1.88. The van der Waals surface area contributed by atoms with Crippen LogP contribution in [0.5, 0.6) is 0 Å². The van der Waals surface area contributed by atoms with E-state index in [9.17, 15) is 14.7 Å². The van der Waals surface area contributed by atoms with Gasteiger partial charge >= 0.3 is 5.97 Å². The minimum Gasteiger partial charge on any atom is -0.478 e. The van der Waals surface area contributed by atoms with E-state index < -0.39 is 23.5 Å². The molecular weight excluding hydrogens is 272 g/mol. The largest absolute Gasteiger partial charge is 0.478 e. The molecule has 5 heteroatoms. The summed E-state index contributed by atoms with van der Waals surface area (Å²) in [6, 6.07) is 0. The van der Waals surface area contributed by atoms with E-state index in [1.807, 2.05) is 19.1 Å². The molecule has 1 N–H and O–H groups in total. The van der Waals surface area contributed by atoms with E-state index in [0.717, 1.165) is 6.42 Å². The Morgan fingerprint density at radius 2 is 2.14 bits per heavy atom. The van der Waals surface area contributed by atoms with Gasteiger partial charge in [0.25, 0.3) is 0 Å². The van der Waals surface area contributed by atoms with Crippen molar-refractivity contribution in [1.82, 2.24) is 0 Å². The van der Waals surface area contributed by atoms with Crippen LogP contribution < -0.4 is 0 Å². The fourth-order valence-electron chi connectivity index (χ4n) is 2.01. The van der Waals surface area contributed by atoms with Gasteiger partial charge in [-0.1, -0.05) is 25.2 Å². The van der Waals surface area contributed by atoms with Gasteiger partial charge in [-0.15, -0.1) is 0 Å². The Labute approximate surface area is 124 Å². The van der Waals surface area contributed by atoms with Crippen molar-refractivity contribution >= 4 is 11.8 Å². The SMILES string of the molecule is CC/C=C\C=C\[C@]1(C)OC(C[C@@H](C)O)=C(C(=O)OC)C1=O. The third-order valence-corrected chi connectivity index (χ3v) is 3.06. The summed E-state index contributed by atoms with van der Waals surface area (Å²) in [5.74, 6) is -1.02. The highest BCUT2D eigenvalue weighted by molar-refractivity contribution is 6.22. The first-order valence-electron chi connectivity index (χ1n) is 6.93. The highest BCUT2D eigenvalue weighted by Crippen LogP contribution is 2.34. The van der Waals surface area contributed by atoms with Gasteiger partial charge < -0.3 is 14.6 Å². The molecule has 1 heterocycles. The van der Waals surface area contributed by atoms with Crippen LogP contribution >= 0.6 is 0 Å². The maximum atomic E-state index is 12.4. The molecule has 0 spiro atoms. The van der Waals surface area contributed by atoms with E-state index in [1.165, 1.54) is 7.11 Å². The first kappa shape index (κ1) is 17.2. The summed E-state index contributed by atoms with van der Waals surface area (Å²) in [4.78, 5) is 24.2. The summed E-state index contributed by atoms with van der Waals surface area (Å²) in [5, 5.41) is 9.48. The summed E-state index contributed by atoms with van der Waals surface area (Å²) < 4.78 is 10.3. The quantitative estimate of drug-likeness (QED) is 0.461. The van der Waals surface area contributed by atoms with Gasteiger partial charge in [-0.25, -0.2) is 4.79 Å². The summed E-state index contributed by atoms with van der Waals surface area (Å²) in [6.45, 7) is 5.15. The number of aliphatic hydroxyl groups is 1. The smallest absolute Gasteiger partial charge is 0.345 e. The zero-order valence-corrected chi connectivity index (χ0v) is 12.9. The third-order valence-electron chi connectivity index (χ3n) is 3.06. The van der Waals surface area contributed by atoms with Crippen LogP contribution in [0.3, 0.4) is 0 Å². The molecule has 0 saturated carbocycles. The van der Waals surface area contributed by atoms with Crippen LogP contribution in [0, 0.1) is 0 Å². The highest BCUT2D eigenvalue weighted by atomic mass is 16.5. The van der Waals surface area contributed by atoms with Gasteiger partial charge in [0.15, 0.2) is 5.60 Å². The van der Waals surface area contributed by atoms with Crippen molar-refractivity contribution in [1.29, 1.82) is 0 Å². The Morgan fingerprint density at radius 1 is 1.48 bits per heavy atom. The molecule has 0 aromatic carbocycles. The number of carbonyl (C=O) groups excluding carboxylic acids is 2. The molecule has 116 valence electrons. The number of rotatable bonds is 6. The maximum absolute atomic E-state index is 12.4. The average Bonchev–Trinajstić information content (AvgIpc) is 2.65. The van der Waals surface area contributed by atoms with Crippen molar-refractivity contribution in [2.24, 2.45) is 0 Å². The molecule has 5 nitrogen and oxygen atoms in total. The van der Waals surface area contributed by atoms with Crippen LogP contribution in [0.4, 0.5) is 0 Å². The van der Waals surface area contributed by atoms with Crippen molar-refractivity contribution in [3.05, 3.63) is 35.6 Å². The fraction of sp³-hybridized carbons (Fsp3) is 0.500. The number of ether oxygens (including phenoxy) is 2. The minimum absolute atomic E-state index is 0.0877. The topological polar surface area (TPSA) is 72.8 Å². The van der Waals surface area contributed by atoms with E-state index in [0.29, 0.717) is 0 Å². The normalized spacial score (nSPS) is 24.0. The lowest BCUT2D eigenvalue weighted by Gasteiger charge is -2.19. The number of methoxy groups -OCH3 is 1. The molecule has 0 aliphatic carbocycles. The van der Waals surface area contributed by atoms with E-state index in [2.05, 4.69) is 4.74 Å². The number of ketones is 1. The lowest BCUT2D eigenvalue weighted by molar-refractivity contribution is -0.138. The molecule has 2 atom stereocenters. The van der Waals surface area contributed by atoms with Crippen LogP contribution in [-0.4, -0.2) is 35.7 Å². The van der Waals surface area contributed by atoms with Crippen molar-refractivity contribution < 1.29 is 24.2 Å². The molecule has 0 aromatic heterocycles. The molecule has 0 unspecified atom stereocenters. The maximum Gasteiger partial charge on any atom is 0.345 e. The number of Topliss-reactive ketones (excluding diaryl/α,β-unsaturated/α-hetero) is 1. The number of hydrogen-bond acceptors (Lipinski definition) is 5. The molecule has 1 aliphatic rings. The number of aliphatic hydroxyl groups excluding tert-OH is 1. The molecule has 0 aromatic rings. The second-order valence-electron chi connectivity index (χ2n) is 5.08. The van der Waals surface area contributed by atoms with E-state index in [4.69, 9.17) is 4.74 Å². The first-order valence-corrected chi connectivity index (χ1v) is 6.93. The number of carbonyl (C=O) groups is 2. The van der Waals surface area contributed by atoms with Gasteiger partial charge in [-0.3, -0.25) is 4.79 Å². The predicted octanol–water partition coefficient (Wildman–Crippen LogP) is 2.06. The van der Waals surface area contributed by atoms with Crippen LogP contribution in [0.15, 0.2) is 35.6 Å². The molecular formula is C16H22O5.